The van der Waals surface area contributed by atoms with Crippen LogP contribution in [0.1, 0.15) is 88.2 Å². The second-order valence-corrected chi connectivity index (χ2v) is 12.9. The van der Waals surface area contributed by atoms with Gasteiger partial charge in [0.1, 0.15) is 5.58 Å². The molecule has 1 aliphatic rings. The van der Waals surface area contributed by atoms with Crippen molar-refractivity contribution in [2.24, 2.45) is 11.8 Å². The molecule has 0 saturated heterocycles. The second kappa shape index (κ2) is 9.33. The largest absolute Gasteiger partial charge is 0.437 e. The Morgan fingerprint density at radius 3 is 2.18 bits per heavy atom. The number of rotatable bonds is 6. The first-order valence-corrected chi connectivity index (χ1v) is 14.5. The Labute approximate surface area is 232 Å². The van der Waals surface area contributed by atoms with Crippen LogP contribution >= 0.6 is 0 Å². The van der Waals surface area contributed by atoms with Crippen molar-refractivity contribution >= 4 is 22.1 Å². The van der Waals surface area contributed by atoms with Crippen molar-refractivity contribution in [2.75, 3.05) is 0 Å². The summed E-state index contributed by atoms with van der Waals surface area (Å²) in [5.74, 6) is 1.54. The number of hydrogen-bond acceptors (Lipinski definition) is 3. The molecule has 3 heterocycles. The van der Waals surface area contributed by atoms with E-state index < -0.39 is 0 Å². The van der Waals surface area contributed by atoms with Gasteiger partial charge in [-0.2, -0.15) is 0 Å². The highest BCUT2D eigenvalue weighted by Crippen LogP contribution is 2.55. The summed E-state index contributed by atoms with van der Waals surface area (Å²) in [5.41, 5.74) is 12.5. The molecule has 2 aromatic carbocycles. The number of benzene rings is 2. The number of aromatic nitrogens is 2. The molecule has 0 N–H and O–H groups in total. The summed E-state index contributed by atoms with van der Waals surface area (Å²) in [7, 11) is 0. The van der Waals surface area contributed by atoms with E-state index in [1.807, 2.05) is 6.20 Å². The minimum atomic E-state index is -0.106. The van der Waals surface area contributed by atoms with E-state index in [0.717, 1.165) is 51.7 Å². The summed E-state index contributed by atoms with van der Waals surface area (Å²) in [6, 6.07) is 17.9. The second-order valence-electron chi connectivity index (χ2n) is 12.9. The zero-order chi connectivity index (χ0) is 27.6. The van der Waals surface area contributed by atoms with Crippen molar-refractivity contribution in [3.8, 4) is 22.4 Å². The van der Waals surface area contributed by atoms with Crippen LogP contribution in [0, 0.1) is 25.7 Å². The molecule has 3 heteroatoms. The van der Waals surface area contributed by atoms with E-state index in [0.29, 0.717) is 17.8 Å². The molecule has 0 radical (unpaired) electrons. The maximum absolute atomic E-state index is 6.71. The lowest BCUT2D eigenvalue weighted by molar-refractivity contribution is 0.331. The minimum Gasteiger partial charge on any atom is -0.437 e. The summed E-state index contributed by atoms with van der Waals surface area (Å²) in [5, 5.41) is 2.19. The molecule has 0 aliphatic heterocycles. The van der Waals surface area contributed by atoms with Gasteiger partial charge in [0.25, 0.3) is 0 Å². The summed E-state index contributed by atoms with van der Waals surface area (Å²) in [6.45, 7) is 18.1. The summed E-state index contributed by atoms with van der Waals surface area (Å²) >= 11 is 0. The zero-order valence-electron chi connectivity index (χ0n) is 24.6. The van der Waals surface area contributed by atoms with Crippen LogP contribution in [0.3, 0.4) is 0 Å². The van der Waals surface area contributed by atoms with E-state index in [2.05, 4.69) is 104 Å². The number of hydrogen-bond donors (Lipinski definition) is 0. The van der Waals surface area contributed by atoms with Gasteiger partial charge in [-0.15, -0.1) is 0 Å². The van der Waals surface area contributed by atoms with Crippen molar-refractivity contribution in [3.63, 3.8) is 0 Å². The van der Waals surface area contributed by atoms with Crippen LogP contribution in [0.4, 0.5) is 0 Å². The third-order valence-electron chi connectivity index (χ3n) is 8.57. The molecule has 0 bridgehead atoms. The molecular weight excluding hydrogens is 476 g/mol. The molecule has 200 valence electrons. The van der Waals surface area contributed by atoms with E-state index in [4.69, 9.17) is 14.4 Å². The number of nitrogens with zero attached hydrogens (tertiary/aromatic N) is 2. The molecule has 0 fully saturated rings. The minimum absolute atomic E-state index is 0.106. The average Bonchev–Trinajstić information content (AvgIpc) is 3.35. The van der Waals surface area contributed by atoms with Gasteiger partial charge < -0.3 is 4.42 Å². The van der Waals surface area contributed by atoms with Crippen LogP contribution in [0.5, 0.6) is 0 Å². The van der Waals surface area contributed by atoms with Crippen molar-refractivity contribution in [2.45, 2.75) is 79.6 Å². The first-order chi connectivity index (χ1) is 18.6. The Morgan fingerprint density at radius 2 is 1.51 bits per heavy atom. The monoisotopic (exact) mass is 516 g/mol. The summed E-state index contributed by atoms with van der Waals surface area (Å²) in [6.07, 6.45) is 4.18. The molecule has 0 atom stereocenters. The number of aryl methyl sites for hydroxylation is 2. The fourth-order valence-electron chi connectivity index (χ4n) is 7.21. The first kappa shape index (κ1) is 25.8. The number of furan rings is 1. The highest BCUT2D eigenvalue weighted by Gasteiger charge is 2.45. The van der Waals surface area contributed by atoms with Crippen molar-refractivity contribution in [1.29, 1.82) is 0 Å². The molecule has 0 saturated carbocycles. The highest BCUT2D eigenvalue weighted by molar-refractivity contribution is 6.10. The van der Waals surface area contributed by atoms with E-state index in [-0.39, 0.29) is 5.41 Å². The lowest BCUT2D eigenvalue weighted by Gasteiger charge is -2.34. The van der Waals surface area contributed by atoms with Crippen LogP contribution in [-0.4, -0.2) is 9.97 Å². The Balaban J connectivity index is 1.63. The standard InChI is InChI=1S/C36H40N2O/c1-20(2)17-36(18-21(3)4)30-12-10-9-11-25(30)27-16-28-26-14-13-23(7)32(33(26)39-35(28)38-34(27)36)31-15-24(8)29(19-37-31)22(5)6/h9-16,19-22H,17-18H2,1-8H3. The fourth-order valence-corrected chi connectivity index (χ4v) is 7.21. The predicted molar refractivity (Wildman–Crippen MR) is 163 cm³/mol. The average molecular weight is 517 g/mol. The first-order valence-electron chi connectivity index (χ1n) is 14.5. The van der Waals surface area contributed by atoms with Gasteiger partial charge >= 0.3 is 0 Å². The maximum Gasteiger partial charge on any atom is 0.227 e. The van der Waals surface area contributed by atoms with Crippen LogP contribution in [0.25, 0.3) is 44.5 Å². The smallest absolute Gasteiger partial charge is 0.227 e. The topological polar surface area (TPSA) is 38.9 Å². The molecule has 5 aromatic rings. The van der Waals surface area contributed by atoms with Gasteiger partial charge in [0.05, 0.1) is 11.4 Å². The molecule has 0 spiro atoms. The molecule has 3 aromatic heterocycles. The highest BCUT2D eigenvalue weighted by atomic mass is 16.3. The fraction of sp³-hybridized carbons (Fsp3) is 0.389. The SMILES string of the molecule is Cc1cc(-c2c(C)ccc3c2oc2nc4c(cc23)-c2ccccc2C4(CC(C)C)CC(C)C)ncc1C(C)C. The van der Waals surface area contributed by atoms with Gasteiger partial charge in [-0.05, 0) is 84.4 Å². The van der Waals surface area contributed by atoms with Crippen LogP contribution in [0.2, 0.25) is 0 Å². The molecule has 3 nitrogen and oxygen atoms in total. The third kappa shape index (κ3) is 4.01. The Bertz CT molecular complexity index is 1710. The summed E-state index contributed by atoms with van der Waals surface area (Å²) < 4.78 is 6.71. The molecular formula is C36H40N2O. The van der Waals surface area contributed by atoms with E-state index >= 15 is 0 Å². The summed E-state index contributed by atoms with van der Waals surface area (Å²) in [4.78, 5) is 10.3. The van der Waals surface area contributed by atoms with Gasteiger partial charge in [-0.1, -0.05) is 77.9 Å². The van der Waals surface area contributed by atoms with Gasteiger partial charge in [0, 0.05) is 33.5 Å². The lowest BCUT2D eigenvalue weighted by atomic mass is 9.69. The third-order valence-corrected chi connectivity index (χ3v) is 8.57. The molecule has 39 heavy (non-hydrogen) atoms. The molecule has 6 rings (SSSR count). The quantitative estimate of drug-likeness (QED) is 0.225. The van der Waals surface area contributed by atoms with Gasteiger partial charge in [-0.25, -0.2) is 4.98 Å². The molecule has 0 unspecified atom stereocenters. The zero-order valence-corrected chi connectivity index (χ0v) is 24.6. The van der Waals surface area contributed by atoms with Gasteiger partial charge in [0.2, 0.25) is 5.71 Å². The van der Waals surface area contributed by atoms with Crippen LogP contribution in [-0.2, 0) is 5.41 Å². The molecule has 0 amide bonds. The number of pyridine rings is 2. The van der Waals surface area contributed by atoms with E-state index in [9.17, 15) is 0 Å². The number of fused-ring (bicyclic) bond motifs is 6. The normalized spacial score (nSPS) is 14.2. The Hall–Kier alpha value is -3.46. The van der Waals surface area contributed by atoms with Crippen molar-refractivity contribution in [1.82, 2.24) is 9.97 Å². The van der Waals surface area contributed by atoms with E-state index in [1.165, 1.54) is 33.5 Å². The molecule has 1 aliphatic carbocycles. The van der Waals surface area contributed by atoms with Gasteiger partial charge in [0.15, 0.2) is 0 Å². The predicted octanol–water partition coefficient (Wildman–Crippen LogP) is 10.1. The van der Waals surface area contributed by atoms with Crippen molar-refractivity contribution in [3.05, 3.63) is 82.7 Å². The van der Waals surface area contributed by atoms with Crippen LogP contribution in [0.15, 0.2) is 59.1 Å². The van der Waals surface area contributed by atoms with Crippen LogP contribution < -0.4 is 0 Å². The maximum atomic E-state index is 6.71. The lowest BCUT2D eigenvalue weighted by Crippen LogP contribution is -2.30. The van der Waals surface area contributed by atoms with Gasteiger partial charge in [-0.3, -0.25) is 4.98 Å². The Kier molecular flexibility index (Phi) is 6.17. The van der Waals surface area contributed by atoms with E-state index in [1.54, 1.807) is 0 Å². The Morgan fingerprint density at radius 1 is 0.795 bits per heavy atom. The van der Waals surface area contributed by atoms with Crippen molar-refractivity contribution < 1.29 is 4.42 Å².